The smallest absolute Gasteiger partial charge is 0.123 e. The van der Waals surface area contributed by atoms with Crippen LogP contribution in [0.1, 0.15) is 22.3 Å². The Hall–Kier alpha value is -1.67. The van der Waals surface area contributed by atoms with Crippen molar-refractivity contribution in [3.05, 3.63) is 70.5 Å². The molecule has 2 aromatic carbocycles. The van der Waals surface area contributed by atoms with Gasteiger partial charge in [-0.05, 0) is 41.3 Å². The van der Waals surface area contributed by atoms with E-state index < -0.39 is 5.60 Å². The van der Waals surface area contributed by atoms with Crippen molar-refractivity contribution < 1.29 is 9.50 Å². The Bertz CT molecular complexity index is 593. The Morgan fingerprint density at radius 3 is 2.32 bits per heavy atom. The molecule has 0 atom stereocenters. The first-order valence-electron chi connectivity index (χ1n) is 6.60. The maximum atomic E-state index is 13.1. The van der Waals surface area contributed by atoms with Crippen molar-refractivity contribution in [2.24, 2.45) is 0 Å². The molecule has 1 aliphatic carbocycles. The highest BCUT2D eigenvalue weighted by Crippen LogP contribution is 2.33. The zero-order valence-electron chi connectivity index (χ0n) is 11.0. The Kier molecular flexibility index (Phi) is 2.90. The lowest BCUT2D eigenvalue weighted by molar-refractivity contribution is 0.0516. The summed E-state index contributed by atoms with van der Waals surface area (Å²) in [5.74, 6) is -0.219. The molecular weight excluding hydrogens is 239 g/mol. The van der Waals surface area contributed by atoms with Crippen LogP contribution in [0.25, 0.3) is 0 Å². The SMILES string of the molecule is Cc1cc(F)ccc1CC1(O)Cc2ccccc2C1. The lowest BCUT2D eigenvalue weighted by Crippen LogP contribution is -2.32. The number of aryl methyl sites for hydroxylation is 1. The van der Waals surface area contributed by atoms with Gasteiger partial charge in [-0.3, -0.25) is 0 Å². The maximum Gasteiger partial charge on any atom is 0.123 e. The number of hydrogen-bond acceptors (Lipinski definition) is 1. The van der Waals surface area contributed by atoms with Crippen LogP contribution >= 0.6 is 0 Å². The van der Waals surface area contributed by atoms with E-state index in [4.69, 9.17) is 0 Å². The minimum atomic E-state index is -0.730. The molecule has 1 nitrogen and oxygen atoms in total. The van der Waals surface area contributed by atoms with Gasteiger partial charge in [0.1, 0.15) is 5.82 Å². The molecule has 0 aliphatic heterocycles. The van der Waals surface area contributed by atoms with Crippen LogP contribution in [0.3, 0.4) is 0 Å². The molecule has 0 saturated carbocycles. The number of aliphatic hydroxyl groups is 1. The van der Waals surface area contributed by atoms with E-state index in [1.165, 1.54) is 23.3 Å². The van der Waals surface area contributed by atoms with Crippen LogP contribution in [0.15, 0.2) is 42.5 Å². The second-order valence-electron chi connectivity index (χ2n) is 5.59. The molecule has 0 heterocycles. The molecule has 0 spiro atoms. The Labute approximate surface area is 112 Å². The fraction of sp³-hybridized carbons (Fsp3) is 0.294. The highest BCUT2D eigenvalue weighted by molar-refractivity contribution is 5.37. The lowest BCUT2D eigenvalue weighted by Gasteiger charge is -2.23. The fourth-order valence-corrected chi connectivity index (χ4v) is 3.01. The van der Waals surface area contributed by atoms with Gasteiger partial charge in [0.05, 0.1) is 5.60 Å². The summed E-state index contributed by atoms with van der Waals surface area (Å²) in [7, 11) is 0. The minimum absolute atomic E-state index is 0.219. The monoisotopic (exact) mass is 256 g/mol. The molecular formula is C17H17FO. The summed E-state index contributed by atoms with van der Waals surface area (Å²) in [6.45, 7) is 1.89. The molecule has 2 heteroatoms. The number of benzene rings is 2. The molecule has 0 unspecified atom stereocenters. The Balaban J connectivity index is 1.85. The van der Waals surface area contributed by atoms with E-state index in [-0.39, 0.29) is 5.82 Å². The standard InChI is InChI=1S/C17H17FO/c1-12-8-16(18)7-6-13(12)9-17(19)10-14-4-2-3-5-15(14)11-17/h2-8,19H,9-11H2,1H3. The van der Waals surface area contributed by atoms with Gasteiger partial charge in [-0.25, -0.2) is 4.39 Å². The van der Waals surface area contributed by atoms with Crippen LogP contribution < -0.4 is 0 Å². The average Bonchev–Trinajstić information content (AvgIpc) is 2.69. The molecule has 0 saturated heterocycles. The summed E-state index contributed by atoms with van der Waals surface area (Å²) in [6.07, 6.45) is 1.94. The van der Waals surface area contributed by atoms with Crippen molar-refractivity contribution in [2.75, 3.05) is 0 Å². The van der Waals surface area contributed by atoms with Gasteiger partial charge in [0.25, 0.3) is 0 Å². The Morgan fingerprint density at radius 1 is 1.11 bits per heavy atom. The fourth-order valence-electron chi connectivity index (χ4n) is 3.01. The van der Waals surface area contributed by atoms with Crippen LogP contribution in [-0.2, 0) is 19.3 Å². The van der Waals surface area contributed by atoms with Crippen molar-refractivity contribution in [3.63, 3.8) is 0 Å². The van der Waals surface area contributed by atoms with Crippen LogP contribution in [0, 0.1) is 12.7 Å². The van der Waals surface area contributed by atoms with Crippen LogP contribution in [-0.4, -0.2) is 10.7 Å². The normalized spacial score (nSPS) is 16.4. The molecule has 1 N–H and O–H groups in total. The van der Waals surface area contributed by atoms with E-state index in [2.05, 4.69) is 12.1 Å². The van der Waals surface area contributed by atoms with Gasteiger partial charge in [-0.1, -0.05) is 30.3 Å². The topological polar surface area (TPSA) is 20.2 Å². The number of rotatable bonds is 2. The van der Waals surface area contributed by atoms with Gasteiger partial charge in [-0.2, -0.15) is 0 Å². The van der Waals surface area contributed by atoms with E-state index in [0.717, 1.165) is 11.1 Å². The molecule has 3 rings (SSSR count). The van der Waals surface area contributed by atoms with Crippen molar-refractivity contribution in [1.29, 1.82) is 0 Å². The average molecular weight is 256 g/mol. The summed E-state index contributed by atoms with van der Waals surface area (Å²) in [5.41, 5.74) is 3.65. The summed E-state index contributed by atoms with van der Waals surface area (Å²) >= 11 is 0. The van der Waals surface area contributed by atoms with E-state index in [9.17, 15) is 9.50 Å². The predicted molar refractivity (Wildman–Crippen MR) is 73.6 cm³/mol. The quantitative estimate of drug-likeness (QED) is 0.874. The zero-order valence-corrected chi connectivity index (χ0v) is 11.0. The van der Waals surface area contributed by atoms with Crippen LogP contribution in [0.4, 0.5) is 4.39 Å². The van der Waals surface area contributed by atoms with Gasteiger partial charge in [0, 0.05) is 19.3 Å². The Morgan fingerprint density at radius 2 is 1.74 bits per heavy atom. The predicted octanol–water partition coefficient (Wildman–Crippen LogP) is 3.21. The highest BCUT2D eigenvalue weighted by atomic mass is 19.1. The van der Waals surface area contributed by atoms with Crippen molar-refractivity contribution >= 4 is 0 Å². The summed E-state index contributed by atoms with van der Waals surface area (Å²) in [6, 6.07) is 12.9. The van der Waals surface area contributed by atoms with Gasteiger partial charge in [-0.15, -0.1) is 0 Å². The lowest BCUT2D eigenvalue weighted by atomic mass is 9.89. The van der Waals surface area contributed by atoms with Crippen LogP contribution in [0.2, 0.25) is 0 Å². The van der Waals surface area contributed by atoms with Gasteiger partial charge < -0.3 is 5.11 Å². The minimum Gasteiger partial charge on any atom is -0.389 e. The van der Waals surface area contributed by atoms with E-state index >= 15 is 0 Å². The van der Waals surface area contributed by atoms with Crippen molar-refractivity contribution in [1.82, 2.24) is 0 Å². The largest absolute Gasteiger partial charge is 0.389 e. The zero-order chi connectivity index (χ0) is 13.5. The molecule has 0 amide bonds. The summed E-state index contributed by atoms with van der Waals surface area (Å²) in [5, 5.41) is 10.8. The molecule has 0 fully saturated rings. The second kappa shape index (κ2) is 4.46. The third-order valence-electron chi connectivity index (χ3n) is 3.98. The van der Waals surface area contributed by atoms with Gasteiger partial charge >= 0.3 is 0 Å². The first kappa shape index (κ1) is 12.4. The van der Waals surface area contributed by atoms with E-state index in [1.807, 2.05) is 19.1 Å². The van der Waals surface area contributed by atoms with Crippen LogP contribution in [0.5, 0.6) is 0 Å². The first-order chi connectivity index (χ1) is 9.06. The summed E-state index contributed by atoms with van der Waals surface area (Å²) in [4.78, 5) is 0. The molecule has 0 radical (unpaired) electrons. The number of halogens is 1. The number of hydrogen-bond donors (Lipinski definition) is 1. The van der Waals surface area contributed by atoms with Gasteiger partial charge in [0.2, 0.25) is 0 Å². The molecule has 19 heavy (non-hydrogen) atoms. The number of fused-ring (bicyclic) bond motifs is 1. The first-order valence-corrected chi connectivity index (χ1v) is 6.60. The van der Waals surface area contributed by atoms with E-state index in [0.29, 0.717) is 19.3 Å². The summed E-state index contributed by atoms with van der Waals surface area (Å²) < 4.78 is 13.1. The molecule has 0 bridgehead atoms. The molecule has 2 aromatic rings. The molecule has 98 valence electrons. The third-order valence-corrected chi connectivity index (χ3v) is 3.98. The maximum absolute atomic E-state index is 13.1. The van der Waals surface area contributed by atoms with Crippen molar-refractivity contribution in [3.8, 4) is 0 Å². The molecule has 1 aliphatic rings. The second-order valence-corrected chi connectivity index (χ2v) is 5.59. The van der Waals surface area contributed by atoms with Crippen molar-refractivity contribution in [2.45, 2.75) is 31.8 Å². The molecule has 0 aromatic heterocycles. The van der Waals surface area contributed by atoms with Gasteiger partial charge in [0.15, 0.2) is 0 Å². The highest BCUT2D eigenvalue weighted by Gasteiger charge is 2.35. The third kappa shape index (κ3) is 2.41. The van der Waals surface area contributed by atoms with E-state index in [1.54, 1.807) is 6.07 Å².